The molecule has 0 aliphatic carbocycles. The molecule has 0 atom stereocenters. The molecule has 0 aliphatic rings. The Morgan fingerprint density at radius 2 is 1.25 bits per heavy atom. The van der Waals surface area contributed by atoms with Gasteiger partial charge in [0.05, 0.1) is 24.6 Å². The first-order valence-electron chi connectivity index (χ1n) is 5.09. The van der Waals surface area contributed by atoms with Gasteiger partial charge in [-0.3, -0.25) is 0 Å². The van der Waals surface area contributed by atoms with Crippen molar-refractivity contribution in [2.24, 2.45) is 0 Å². The second kappa shape index (κ2) is 8.32. The Balaban J connectivity index is 0. The quantitative estimate of drug-likeness (QED) is 0.571. The zero-order valence-corrected chi connectivity index (χ0v) is 10.7. The molecule has 0 saturated carbocycles. The highest BCUT2D eigenvalue weighted by Crippen LogP contribution is 2.58. The molecule has 0 aromatic rings. The van der Waals surface area contributed by atoms with Gasteiger partial charge in [-0.05, 0) is 27.2 Å². The number of unbranched alkanes of at least 4 members (excludes halogenated alkanes) is 1. The van der Waals surface area contributed by atoms with E-state index in [9.17, 15) is 0 Å². The van der Waals surface area contributed by atoms with Gasteiger partial charge in [-0.2, -0.15) is 0 Å². The highest BCUT2D eigenvalue weighted by atomic mass is 35.5. The summed E-state index contributed by atoms with van der Waals surface area (Å²) in [4.78, 5) is 0. The van der Waals surface area contributed by atoms with Gasteiger partial charge in [0.2, 0.25) is 0 Å². The van der Waals surface area contributed by atoms with Gasteiger partial charge >= 0.3 is 0 Å². The van der Waals surface area contributed by atoms with Crippen molar-refractivity contribution in [3.05, 3.63) is 0 Å². The molecule has 0 rings (SSSR count). The van der Waals surface area contributed by atoms with E-state index in [0.29, 0.717) is 0 Å². The van der Waals surface area contributed by atoms with Crippen molar-refractivity contribution in [3.8, 4) is 0 Å². The topological polar surface area (TPSA) is 0 Å². The van der Waals surface area contributed by atoms with E-state index in [1.54, 1.807) is 6.16 Å². The molecule has 0 amide bonds. The van der Waals surface area contributed by atoms with Crippen molar-refractivity contribution >= 4 is 7.26 Å². The van der Waals surface area contributed by atoms with Crippen molar-refractivity contribution in [3.63, 3.8) is 0 Å². The molecule has 0 fully saturated rings. The van der Waals surface area contributed by atoms with E-state index in [1.165, 1.54) is 31.3 Å². The molecular formula is C10H24ClP. The average Bonchev–Trinajstić information content (AvgIpc) is 2.08. The lowest BCUT2D eigenvalue weighted by molar-refractivity contribution is -0.00000266. The van der Waals surface area contributed by atoms with Crippen molar-refractivity contribution in [2.75, 3.05) is 24.6 Å². The SMILES string of the molecule is CCCC[P+](CC)(CC)CC.[Cl-]. The van der Waals surface area contributed by atoms with Crippen LogP contribution in [-0.4, -0.2) is 24.6 Å². The summed E-state index contributed by atoms with van der Waals surface area (Å²) in [6.07, 6.45) is 8.80. The maximum Gasteiger partial charge on any atom is 0.0593 e. The molecule has 12 heavy (non-hydrogen) atoms. The highest BCUT2D eigenvalue weighted by molar-refractivity contribution is 7.75. The van der Waals surface area contributed by atoms with Gasteiger partial charge in [-0.25, -0.2) is 0 Å². The molecule has 0 unspecified atom stereocenters. The van der Waals surface area contributed by atoms with E-state index in [2.05, 4.69) is 27.7 Å². The third-order valence-corrected chi connectivity index (χ3v) is 8.29. The van der Waals surface area contributed by atoms with Crippen molar-refractivity contribution in [1.29, 1.82) is 0 Å². The smallest absolute Gasteiger partial charge is 0.0593 e. The summed E-state index contributed by atoms with van der Waals surface area (Å²) in [5.41, 5.74) is 0. The third kappa shape index (κ3) is 4.67. The molecule has 76 valence electrons. The predicted molar refractivity (Wildman–Crippen MR) is 58.3 cm³/mol. The van der Waals surface area contributed by atoms with Crippen molar-refractivity contribution < 1.29 is 12.4 Å². The Labute approximate surface area is 85.3 Å². The summed E-state index contributed by atoms with van der Waals surface area (Å²) in [6, 6.07) is 0. The molecule has 0 bridgehead atoms. The van der Waals surface area contributed by atoms with Gasteiger partial charge in [0, 0.05) is 7.26 Å². The monoisotopic (exact) mass is 210 g/mol. The zero-order chi connectivity index (χ0) is 8.74. The minimum atomic E-state index is -0.455. The minimum Gasteiger partial charge on any atom is -1.00 e. The van der Waals surface area contributed by atoms with Crippen LogP contribution >= 0.6 is 7.26 Å². The van der Waals surface area contributed by atoms with E-state index in [1.807, 2.05) is 0 Å². The Morgan fingerprint density at radius 3 is 1.50 bits per heavy atom. The fourth-order valence-corrected chi connectivity index (χ4v) is 4.92. The van der Waals surface area contributed by atoms with Crippen LogP contribution in [0.4, 0.5) is 0 Å². The van der Waals surface area contributed by atoms with E-state index in [-0.39, 0.29) is 12.4 Å². The second-order valence-electron chi connectivity index (χ2n) is 3.37. The summed E-state index contributed by atoms with van der Waals surface area (Å²) in [6.45, 7) is 9.46. The Hall–Kier alpha value is 0.720. The summed E-state index contributed by atoms with van der Waals surface area (Å²) in [7, 11) is -0.455. The Morgan fingerprint density at radius 1 is 0.833 bits per heavy atom. The van der Waals surface area contributed by atoms with Crippen LogP contribution in [0.1, 0.15) is 40.5 Å². The Kier molecular flexibility index (Phi) is 10.5. The molecule has 0 aromatic heterocycles. The fourth-order valence-electron chi connectivity index (χ4n) is 1.64. The first-order chi connectivity index (χ1) is 5.24. The van der Waals surface area contributed by atoms with Gasteiger partial charge in [0.15, 0.2) is 0 Å². The van der Waals surface area contributed by atoms with E-state index >= 15 is 0 Å². The van der Waals surface area contributed by atoms with E-state index in [0.717, 1.165) is 0 Å². The molecule has 0 saturated heterocycles. The Bertz CT molecular complexity index is 81.6. The van der Waals surface area contributed by atoms with E-state index in [4.69, 9.17) is 0 Å². The van der Waals surface area contributed by atoms with Crippen molar-refractivity contribution in [1.82, 2.24) is 0 Å². The lowest BCUT2D eigenvalue weighted by Crippen LogP contribution is -3.00. The van der Waals surface area contributed by atoms with Crippen LogP contribution in [0.5, 0.6) is 0 Å². The maximum absolute atomic E-state index is 2.39. The molecule has 2 heteroatoms. The zero-order valence-electron chi connectivity index (χ0n) is 9.07. The number of rotatable bonds is 6. The lowest BCUT2D eigenvalue weighted by Gasteiger charge is -2.23. The van der Waals surface area contributed by atoms with Gasteiger partial charge < -0.3 is 12.4 Å². The third-order valence-electron chi connectivity index (χ3n) is 3.00. The highest BCUT2D eigenvalue weighted by Gasteiger charge is 2.29. The van der Waals surface area contributed by atoms with Crippen LogP contribution in [-0.2, 0) is 0 Å². The summed E-state index contributed by atoms with van der Waals surface area (Å²) >= 11 is 0. The maximum atomic E-state index is 2.39. The molecule has 0 radical (unpaired) electrons. The van der Waals surface area contributed by atoms with Crippen LogP contribution in [0.2, 0.25) is 0 Å². The predicted octanol–water partition coefficient (Wildman–Crippen LogP) is 0.868. The van der Waals surface area contributed by atoms with Gasteiger partial charge in [0.1, 0.15) is 0 Å². The minimum absolute atomic E-state index is 0. The number of hydrogen-bond acceptors (Lipinski definition) is 0. The fraction of sp³-hybridized carbons (Fsp3) is 1.00. The molecular weight excluding hydrogens is 187 g/mol. The first-order valence-corrected chi connectivity index (χ1v) is 7.62. The van der Waals surface area contributed by atoms with Gasteiger partial charge in [-0.1, -0.05) is 13.3 Å². The largest absolute Gasteiger partial charge is 1.00 e. The number of halogens is 1. The van der Waals surface area contributed by atoms with Crippen LogP contribution in [0, 0.1) is 0 Å². The first kappa shape index (κ1) is 15.2. The normalized spacial score (nSPS) is 11.0. The number of hydrogen-bond donors (Lipinski definition) is 0. The summed E-state index contributed by atoms with van der Waals surface area (Å²) in [5, 5.41) is 0. The van der Waals surface area contributed by atoms with Crippen LogP contribution < -0.4 is 12.4 Å². The molecule has 0 heterocycles. The standard InChI is InChI=1S/C10H24P.ClH/c1-5-9-10-11(6-2,7-3)8-4;/h5-10H2,1-4H3;1H/q+1;/p-1. The van der Waals surface area contributed by atoms with Gasteiger partial charge in [0.25, 0.3) is 0 Å². The van der Waals surface area contributed by atoms with Crippen LogP contribution in [0.15, 0.2) is 0 Å². The van der Waals surface area contributed by atoms with Crippen LogP contribution in [0.3, 0.4) is 0 Å². The van der Waals surface area contributed by atoms with Gasteiger partial charge in [-0.15, -0.1) is 0 Å². The average molecular weight is 211 g/mol. The summed E-state index contributed by atoms with van der Waals surface area (Å²) < 4.78 is 0. The molecule has 0 aliphatic heterocycles. The molecule has 0 aromatic carbocycles. The van der Waals surface area contributed by atoms with Crippen molar-refractivity contribution in [2.45, 2.75) is 40.5 Å². The van der Waals surface area contributed by atoms with E-state index < -0.39 is 7.26 Å². The molecule has 0 N–H and O–H groups in total. The second-order valence-corrected chi connectivity index (χ2v) is 8.40. The molecule has 0 spiro atoms. The summed E-state index contributed by atoms with van der Waals surface area (Å²) in [5.74, 6) is 0. The van der Waals surface area contributed by atoms with Crippen LogP contribution in [0.25, 0.3) is 0 Å². The molecule has 0 nitrogen and oxygen atoms in total. The lowest BCUT2D eigenvalue weighted by atomic mass is 10.4.